The number of rotatable bonds is 7. The van der Waals surface area contributed by atoms with Gasteiger partial charge in [0.05, 0.1) is 12.7 Å². The van der Waals surface area contributed by atoms with Gasteiger partial charge in [0.25, 0.3) is 0 Å². The van der Waals surface area contributed by atoms with Crippen molar-refractivity contribution in [3.05, 3.63) is 76.6 Å². The molecule has 0 saturated carbocycles. The van der Waals surface area contributed by atoms with Crippen molar-refractivity contribution in [3.63, 3.8) is 0 Å². The Kier molecular flexibility index (Phi) is 6.45. The summed E-state index contributed by atoms with van der Waals surface area (Å²) >= 11 is 5.91. The number of hydrogen-bond acceptors (Lipinski definition) is 6. The number of hydrogen-bond donors (Lipinski definition) is 2. The second-order valence-corrected chi connectivity index (χ2v) is 6.62. The molecule has 144 valence electrons. The van der Waals surface area contributed by atoms with E-state index >= 15 is 0 Å². The molecule has 2 N–H and O–H groups in total. The van der Waals surface area contributed by atoms with Crippen LogP contribution in [0.5, 0.6) is 0 Å². The van der Waals surface area contributed by atoms with Crippen LogP contribution in [-0.4, -0.2) is 29.6 Å². The third-order valence-electron chi connectivity index (χ3n) is 4.05. The molecule has 0 saturated heterocycles. The van der Waals surface area contributed by atoms with Gasteiger partial charge in [-0.05, 0) is 55.3 Å². The molecule has 0 unspecified atom stereocenters. The third-order valence-corrected chi connectivity index (χ3v) is 4.30. The first kappa shape index (κ1) is 19.6. The highest BCUT2D eigenvalue weighted by atomic mass is 35.5. The van der Waals surface area contributed by atoms with Crippen LogP contribution in [0.1, 0.15) is 21.7 Å². The first-order valence-electron chi connectivity index (χ1n) is 8.83. The number of aromatic nitrogens is 2. The van der Waals surface area contributed by atoms with Crippen LogP contribution < -0.4 is 10.6 Å². The SMILES string of the molecule is COC(=O)c1ccc(Nc2cc(NCCc3ccc(Cl)cc3)nc(C)n2)cc1. The molecular weight excluding hydrogens is 376 g/mol. The van der Waals surface area contributed by atoms with E-state index in [2.05, 4.69) is 20.6 Å². The van der Waals surface area contributed by atoms with Gasteiger partial charge in [-0.2, -0.15) is 0 Å². The summed E-state index contributed by atoms with van der Waals surface area (Å²) in [6.45, 7) is 2.58. The zero-order chi connectivity index (χ0) is 19.9. The van der Waals surface area contributed by atoms with Gasteiger partial charge in [-0.25, -0.2) is 14.8 Å². The lowest BCUT2D eigenvalue weighted by Crippen LogP contribution is -2.08. The summed E-state index contributed by atoms with van der Waals surface area (Å²) in [4.78, 5) is 20.3. The summed E-state index contributed by atoms with van der Waals surface area (Å²) in [6, 6.07) is 16.7. The number of carbonyl (C=O) groups is 1. The molecule has 0 aliphatic heterocycles. The van der Waals surface area contributed by atoms with Gasteiger partial charge in [-0.1, -0.05) is 23.7 Å². The monoisotopic (exact) mass is 396 g/mol. The quantitative estimate of drug-likeness (QED) is 0.567. The molecule has 3 rings (SSSR count). The van der Waals surface area contributed by atoms with Crippen LogP contribution in [0.4, 0.5) is 17.3 Å². The fourth-order valence-corrected chi connectivity index (χ4v) is 2.79. The minimum Gasteiger partial charge on any atom is -0.465 e. The molecule has 0 amide bonds. The van der Waals surface area contributed by atoms with Crippen LogP contribution in [0.15, 0.2) is 54.6 Å². The number of halogens is 1. The maximum Gasteiger partial charge on any atom is 0.337 e. The van der Waals surface area contributed by atoms with Crippen LogP contribution in [0, 0.1) is 6.92 Å². The summed E-state index contributed by atoms with van der Waals surface area (Å²) in [6.07, 6.45) is 0.859. The highest BCUT2D eigenvalue weighted by molar-refractivity contribution is 6.30. The first-order chi connectivity index (χ1) is 13.5. The minimum absolute atomic E-state index is 0.364. The number of anilines is 3. The van der Waals surface area contributed by atoms with E-state index in [4.69, 9.17) is 16.3 Å². The van der Waals surface area contributed by atoms with Crippen LogP contribution in [-0.2, 0) is 11.2 Å². The number of esters is 1. The molecular formula is C21H21ClN4O2. The Hall–Kier alpha value is -3.12. The fourth-order valence-electron chi connectivity index (χ4n) is 2.66. The Morgan fingerprint density at radius 2 is 1.71 bits per heavy atom. The molecule has 6 nitrogen and oxygen atoms in total. The molecule has 0 aliphatic rings. The second kappa shape index (κ2) is 9.19. The van der Waals surface area contributed by atoms with Gasteiger partial charge in [0, 0.05) is 23.3 Å². The lowest BCUT2D eigenvalue weighted by Gasteiger charge is -2.11. The molecule has 0 spiro atoms. The van der Waals surface area contributed by atoms with E-state index < -0.39 is 0 Å². The maximum atomic E-state index is 11.5. The van der Waals surface area contributed by atoms with Gasteiger partial charge < -0.3 is 15.4 Å². The molecule has 0 radical (unpaired) electrons. The number of carbonyl (C=O) groups excluding carboxylic acids is 1. The van der Waals surface area contributed by atoms with E-state index in [1.807, 2.05) is 37.3 Å². The van der Waals surface area contributed by atoms with Gasteiger partial charge in [0.15, 0.2) is 0 Å². The van der Waals surface area contributed by atoms with Crippen LogP contribution in [0.3, 0.4) is 0 Å². The third kappa shape index (κ3) is 5.44. The molecule has 1 aromatic heterocycles. The topological polar surface area (TPSA) is 76.1 Å². The highest BCUT2D eigenvalue weighted by Crippen LogP contribution is 2.18. The highest BCUT2D eigenvalue weighted by Gasteiger charge is 2.06. The average molecular weight is 397 g/mol. The largest absolute Gasteiger partial charge is 0.465 e. The van der Waals surface area contributed by atoms with Crippen molar-refractivity contribution in [1.29, 1.82) is 0 Å². The lowest BCUT2D eigenvalue weighted by molar-refractivity contribution is 0.0601. The smallest absolute Gasteiger partial charge is 0.337 e. The molecule has 0 aliphatic carbocycles. The van der Waals surface area contributed by atoms with Crippen LogP contribution in [0.25, 0.3) is 0 Å². The Labute approximate surface area is 168 Å². The first-order valence-corrected chi connectivity index (χ1v) is 9.21. The number of nitrogens with one attached hydrogen (secondary N) is 2. The van der Waals surface area contributed by atoms with E-state index in [-0.39, 0.29) is 5.97 Å². The number of benzene rings is 2. The van der Waals surface area contributed by atoms with Crippen LogP contribution in [0.2, 0.25) is 5.02 Å². The van der Waals surface area contributed by atoms with Crippen LogP contribution >= 0.6 is 11.6 Å². The Morgan fingerprint density at radius 3 is 2.39 bits per heavy atom. The number of aryl methyl sites for hydroxylation is 1. The fraction of sp³-hybridized carbons (Fsp3) is 0.190. The second-order valence-electron chi connectivity index (χ2n) is 6.18. The van der Waals surface area contributed by atoms with Crippen molar-refractivity contribution in [2.24, 2.45) is 0 Å². The number of methoxy groups -OCH3 is 1. The van der Waals surface area contributed by atoms with Gasteiger partial charge in [-0.3, -0.25) is 0 Å². The van der Waals surface area contributed by atoms with Crippen molar-refractivity contribution < 1.29 is 9.53 Å². The summed E-state index contributed by atoms with van der Waals surface area (Å²) in [5.41, 5.74) is 2.51. The standard InChI is InChI=1S/C21H21ClN4O2/c1-14-24-19(23-12-11-15-3-7-17(22)8-4-15)13-20(25-14)26-18-9-5-16(6-10-18)21(27)28-2/h3-10,13H,11-12H2,1-2H3,(H2,23,24,25,26). The molecule has 3 aromatic rings. The predicted molar refractivity (Wildman–Crippen MR) is 111 cm³/mol. The molecule has 7 heteroatoms. The normalized spacial score (nSPS) is 10.4. The molecule has 0 atom stereocenters. The van der Waals surface area contributed by atoms with E-state index in [0.29, 0.717) is 17.2 Å². The summed E-state index contributed by atoms with van der Waals surface area (Å²) in [5, 5.41) is 7.28. The van der Waals surface area contributed by atoms with E-state index in [0.717, 1.165) is 29.5 Å². The van der Waals surface area contributed by atoms with Crippen molar-refractivity contribution in [2.75, 3.05) is 24.3 Å². The zero-order valence-electron chi connectivity index (χ0n) is 15.7. The van der Waals surface area contributed by atoms with Gasteiger partial charge in [0.1, 0.15) is 17.5 Å². The Bertz CT molecular complexity index is 944. The molecule has 28 heavy (non-hydrogen) atoms. The van der Waals surface area contributed by atoms with Crippen molar-refractivity contribution in [2.45, 2.75) is 13.3 Å². The van der Waals surface area contributed by atoms with Crippen molar-refractivity contribution >= 4 is 34.9 Å². The van der Waals surface area contributed by atoms with E-state index in [1.165, 1.54) is 12.7 Å². The van der Waals surface area contributed by atoms with E-state index in [9.17, 15) is 4.79 Å². The number of nitrogens with zero attached hydrogens (tertiary/aromatic N) is 2. The molecule has 0 bridgehead atoms. The molecule has 0 fully saturated rings. The summed E-state index contributed by atoms with van der Waals surface area (Å²) < 4.78 is 4.71. The predicted octanol–water partition coefficient (Wildman–Crippen LogP) is 4.62. The average Bonchev–Trinajstić information content (AvgIpc) is 2.69. The summed E-state index contributed by atoms with van der Waals surface area (Å²) in [7, 11) is 1.36. The van der Waals surface area contributed by atoms with Crippen molar-refractivity contribution in [3.8, 4) is 0 Å². The summed E-state index contributed by atoms with van der Waals surface area (Å²) in [5.74, 6) is 1.71. The number of ether oxygens (including phenoxy) is 1. The Morgan fingerprint density at radius 1 is 1.04 bits per heavy atom. The Balaban J connectivity index is 1.62. The molecule has 2 aromatic carbocycles. The minimum atomic E-state index is -0.364. The molecule has 1 heterocycles. The zero-order valence-corrected chi connectivity index (χ0v) is 16.5. The van der Waals surface area contributed by atoms with Crippen molar-refractivity contribution in [1.82, 2.24) is 9.97 Å². The van der Waals surface area contributed by atoms with Gasteiger partial charge >= 0.3 is 5.97 Å². The lowest BCUT2D eigenvalue weighted by atomic mass is 10.1. The van der Waals surface area contributed by atoms with Gasteiger partial charge in [-0.15, -0.1) is 0 Å². The maximum absolute atomic E-state index is 11.5. The van der Waals surface area contributed by atoms with E-state index in [1.54, 1.807) is 24.3 Å². The van der Waals surface area contributed by atoms with Gasteiger partial charge in [0.2, 0.25) is 0 Å².